The Morgan fingerprint density at radius 3 is 2.45 bits per heavy atom. The van der Waals surface area contributed by atoms with Crippen molar-refractivity contribution in [2.45, 2.75) is 38.8 Å². The van der Waals surface area contributed by atoms with Gasteiger partial charge >= 0.3 is 12.0 Å². The highest BCUT2D eigenvalue weighted by Gasteiger charge is 2.23. The third-order valence-corrected chi connectivity index (χ3v) is 4.13. The number of anilines is 2. The fraction of sp³-hybridized carbons (Fsp3) is 0.286. The predicted molar refractivity (Wildman–Crippen MR) is 109 cm³/mol. The molecule has 29 heavy (non-hydrogen) atoms. The molecule has 2 aromatic rings. The smallest absolute Gasteiger partial charge is 0.335 e. The van der Waals surface area contributed by atoms with Gasteiger partial charge in [0.2, 0.25) is 0 Å². The maximum atomic E-state index is 12.7. The predicted octanol–water partition coefficient (Wildman–Crippen LogP) is 3.71. The van der Waals surface area contributed by atoms with Gasteiger partial charge in [0.05, 0.1) is 17.4 Å². The summed E-state index contributed by atoms with van der Waals surface area (Å²) >= 11 is 0. The molecule has 0 aromatic heterocycles. The average Bonchev–Trinajstić information content (AvgIpc) is 3.46. The summed E-state index contributed by atoms with van der Waals surface area (Å²) in [7, 11) is 0. The minimum atomic E-state index is -1.11. The summed E-state index contributed by atoms with van der Waals surface area (Å²) in [5, 5.41) is 17.4. The van der Waals surface area contributed by atoms with Gasteiger partial charge in [0.15, 0.2) is 0 Å². The summed E-state index contributed by atoms with van der Waals surface area (Å²) < 4.78 is 5.66. The molecule has 152 valence electrons. The zero-order valence-electron chi connectivity index (χ0n) is 16.2. The van der Waals surface area contributed by atoms with Crippen molar-refractivity contribution in [1.82, 2.24) is 5.32 Å². The molecule has 0 atom stereocenters. The number of carboxylic acids is 1. The van der Waals surface area contributed by atoms with E-state index in [1.165, 1.54) is 18.2 Å². The fourth-order valence-corrected chi connectivity index (χ4v) is 2.63. The van der Waals surface area contributed by atoms with E-state index >= 15 is 0 Å². The van der Waals surface area contributed by atoms with Crippen LogP contribution in [0, 0.1) is 0 Å². The molecule has 8 heteroatoms. The number of amides is 3. The first-order chi connectivity index (χ1) is 13.8. The summed E-state index contributed by atoms with van der Waals surface area (Å²) in [6.45, 7) is 3.66. The summed E-state index contributed by atoms with van der Waals surface area (Å²) in [6, 6.07) is 10.7. The van der Waals surface area contributed by atoms with E-state index < -0.39 is 11.9 Å². The Morgan fingerprint density at radius 2 is 1.79 bits per heavy atom. The Labute approximate surface area is 168 Å². The largest absolute Gasteiger partial charge is 0.489 e. The maximum absolute atomic E-state index is 12.7. The Morgan fingerprint density at radius 1 is 1.03 bits per heavy atom. The van der Waals surface area contributed by atoms with Crippen LogP contribution in [0.15, 0.2) is 42.5 Å². The van der Waals surface area contributed by atoms with Crippen molar-refractivity contribution >= 4 is 29.3 Å². The number of urea groups is 1. The molecule has 2 aromatic carbocycles. The Balaban J connectivity index is 1.76. The van der Waals surface area contributed by atoms with Crippen LogP contribution < -0.4 is 20.7 Å². The maximum Gasteiger partial charge on any atom is 0.335 e. The number of hydrogen-bond donors (Lipinski definition) is 4. The van der Waals surface area contributed by atoms with Gasteiger partial charge in [0.25, 0.3) is 5.91 Å². The molecule has 0 spiro atoms. The minimum Gasteiger partial charge on any atom is -0.489 e. The van der Waals surface area contributed by atoms with Crippen molar-refractivity contribution in [1.29, 1.82) is 0 Å². The fourth-order valence-electron chi connectivity index (χ4n) is 2.63. The number of carbonyl (C=O) groups excluding carboxylic acids is 2. The van der Waals surface area contributed by atoms with Crippen molar-refractivity contribution in [3.63, 3.8) is 0 Å². The third-order valence-electron chi connectivity index (χ3n) is 4.13. The summed E-state index contributed by atoms with van der Waals surface area (Å²) in [6.07, 6.45) is 1.80. The second-order valence-corrected chi connectivity index (χ2v) is 7.09. The minimum absolute atomic E-state index is 0.0311. The highest BCUT2D eigenvalue weighted by atomic mass is 16.5. The van der Waals surface area contributed by atoms with Gasteiger partial charge in [-0.25, -0.2) is 9.59 Å². The lowest BCUT2D eigenvalue weighted by Gasteiger charge is -2.16. The van der Waals surface area contributed by atoms with Crippen molar-refractivity contribution < 1.29 is 24.2 Å². The molecule has 3 amide bonds. The molecule has 0 aliphatic heterocycles. The van der Waals surface area contributed by atoms with E-state index in [4.69, 9.17) is 4.74 Å². The van der Waals surface area contributed by atoms with Crippen LogP contribution in [0.25, 0.3) is 0 Å². The Bertz CT molecular complexity index is 938. The van der Waals surface area contributed by atoms with Gasteiger partial charge in [-0.1, -0.05) is 6.07 Å². The summed E-state index contributed by atoms with van der Waals surface area (Å²) in [5.41, 5.74) is 1.08. The molecular weight excluding hydrogens is 374 g/mol. The van der Waals surface area contributed by atoms with Crippen LogP contribution in [0.5, 0.6) is 5.75 Å². The normalized spacial score (nSPS) is 12.9. The summed E-state index contributed by atoms with van der Waals surface area (Å²) in [4.78, 5) is 35.9. The van der Waals surface area contributed by atoms with Crippen molar-refractivity contribution in [3.05, 3.63) is 53.6 Å². The lowest BCUT2D eigenvalue weighted by molar-refractivity contribution is 0.0696. The Hall–Kier alpha value is -3.55. The molecule has 0 bridgehead atoms. The summed E-state index contributed by atoms with van der Waals surface area (Å²) in [5.74, 6) is -1.19. The molecule has 0 radical (unpaired) electrons. The Kier molecular flexibility index (Phi) is 6.01. The zero-order chi connectivity index (χ0) is 21.0. The van der Waals surface area contributed by atoms with Crippen molar-refractivity contribution in [2.75, 3.05) is 10.6 Å². The first-order valence-corrected chi connectivity index (χ1v) is 9.35. The van der Waals surface area contributed by atoms with E-state index in [2.05, 4.69) is 16.0 Å². The van der Waals surface area contributed by atoms with Gasteiger partial charge in [0.1, 0.15) is 5.75 Å². The van der Waals surface area contributed by atoms with Gasteiger partial charge in [-0.3, -0.25) is 4.79 Å². The molecule has 1 aliphatic carbocycles. The van der Waals surface area contributed by atoms with Gasteiger partial charge < -0.3 is 25.8 Å². The zero-order valence-corrected chi connectivity index (χ0v) is 16.2. The van der Waals surface area contributed by atoms with Crippen LogP contribution in [0.4, 0.5) is 16.2 Å². The molecular formula is C21H23N3O5. The molecule has 0 heterocycles. The van der Waals surface area contributed by atoms with Gasteiger partial charge in [-0.2, -0.15) is 0 Å². The standard InChI is InChI=1S/C21H23N3O5/c1-12(2)29-18-9-6-14(20(26)27)11-17(18)24-19(25)13-4-3-5-16(10-13)23-21(28)22-15-7-8-15/h3-6,9-12,15H,7-8H2,1-2H3,(H,24,25)(H,26,27)(H2,22,23,28). The SMILES string of the molecule is CC(C)Oc1ccc(C(=O)O)cc1NC(=O)c1cccc(NC(=O)NC2CC2)c1. The number of ether oxygens (including phenoxy) is 1. The molecule has 0 unspecified atom stereocenters. The lowest BCUT2D eigenvalue weighted by atomic mass is 10.1. The molecule has 3 rings (SSSR count). The highest BCUT2D eigenvalue weighted by Crippen LogP contribution is 2.28. The molecule has 8 nitrogen and oxygen atoms in total. The highest BCUT2D eigenvalue weighted by molar-refractivity contribution is 6.06. The van der Waals surface area contributed by atoms with E-state index in [0.29, 0.717) is 17.0 Å². The van der Waals surface area contributed by atoms with E-state index in [0.717, 1.165) is 12.8 Å². The van der Waals surface area contributed by atoms with Crippen LogP contribution in [0.1, 0.15) is 47.4 Å². The van der Waals surface area contributed by atoms with Crippen LogP contribution in [-0.4, -0.2) is 35.2 Å². The molecule has 4 N–H and O–H groups in total. The number of benzene rings is 2. The van der Waals surface area contributed by atoms with Crippen LogP contribution in [0.2, 0.25) is 0 Å². The first-order valence-electron chi connectivity index (χ1n) is 9.35. The van der Waals surface area contributed by atoms with E-state index in [1.807, 2.05) is 13.8 Å². The van der Waals surface area contributed by atoms with Crippen molar-refractivity contribution in [2.24, 2.45) is 0 Å². The quantitative estimate of drug-likeness (QED) is 0.568. The number of nitrogens with one attached hydrogen (secondary N) is 3. The van der Waals surface area contributed by atoms with Gasteiger partial charge in [-0.15, -0.1) is 0 Å². The number of carboxylic acid groups (broad SMARTS) is 1. The topological polar surface area (TPSA) is 117 Å². The second-order valence-electron chi connectivity index (χ2n) is 7.09. The molecule has 0 saturated heterocycles. The lowest BCUT2D eigenvalue weighted by Crippen LogP contribution is -2.30. The van der Waals surface area contributed by atoms with E-state index in [-0.39, 0.29) is 29.4 Å². The second kappa shape index (κ2) is 8.64. The molecule has 1 saturated carbocycles. The van der Waals surface area contributed by atoms with Gasteiger partial charge in [0, 0.05) is 17.3 Å². The number of aromatic carboxylic acids is 1. The van der Waals surface area contributed by atoms with E-state index in [9.17, 15) is 19.5 Å². The monoisotopic (exact) mass is 397 g/mol. The molecule has 1 fully saturated rings. The number of hydrogen-bond acceptors (Lipinski definition) is 4. The van der Waals surface area contributed by atoms with E-state index in [1.54, 1.807) is 24.3 Å². The third kappa shape index (κ3) is 5.71. The number of carbonyl (C=O) groups is 3. The van der Waals surface area contributed by atoms with Crippen LogP contribution >= 0.6 is 0 Å². The molecule has 1 aliphatic rings. The van der Waals surface area contributed by atoms with Crippen LogP contribution in [-0.2, 0) is 0 Å². The first kappa shape index (κ1) is 20.2. The number of rotatable bonds is 7. The van der Waals surface area contributed by atoms with Crippen LogP contribution in [0.3, 0.4) is 0 Å². The average molecular weight is 397 g/mol. The van der Waals surface area contributed by atoms with Crippen molar-refractivity contribution in [3.8, 4) is 5.75 Å². The van der Waals surface area contributed by atoms with Gasteiger partial charge in [-0.05, 0) is 63.1 Å².